The predicted molar refractivity (Wildman–Crippen MR) is 77.2 cm³/mol. The lowest BCUT2D eigenvalue weighted by Crippen LogP contribution is -2.55. The van der Waals surface area contributed by atoms with Crippen molar-refractivity contribution in [2.45, 2.75) is 25.4 Å². The predicted octanol–water partition coefficient (Wildman–Crippen LogP) is 1.38. The summed E-state index contributed by atoms with van der Waals surface area (Å²) in [6.45, 7) is 6.27. The van der Waals surface area contributed by atoms with E-state index < -0.39 is 0 Å². The average Bonchev–Trinajstić information content (AvgIpc) is 2.68. The van der Waals surface area contributed by atoms with E-state index >= 15 is 0 Å². The van der Waals surface area contributed by atoms with E-state index in [0.717, 1.165) is 18.0 Å². The van der Waals surface area contributed by atoms with Crippen molar-refractivity contribution in [1.29, 1.82) is 0 Å². The molecule has 1 aromatic rings. The Hall–Kier alpha value is -0.620. The van der Waals surface area contributed by atoms with Crippen LogP contribution >= 0.6 is 23.7 Å². The van der Waals surface area contributed by atoms with Gasteiger partial charge in [0.2, 0.25) is 5.91 Å². The molecule has 0 bridgehead atoms. The lowest BCUT2D eigenvalue weighted by atomic mass is 10.0. The third-order valence-electron chi connectivity index (χ3n) is 2.74. The van der Waals surface area contributed by atoms with Crippen LogP contribution in [0, 0.1) is 0 Å². The lowest BCUT2D eigenvalue weighted by Gasteiger charge is -2.38. The molecular formula is C12H20ClN3OS. The first kappa shape index (κ1) is 15.4. The van der Waals surface area contributed by atoms with Crippen molar-refractivity contribution in [3.05, 3.63) is 22.4 Å². The number of hydrogen-bond donors (Lipinski definition) is 2. The Bertz CT molecular complexity index is 389. The van der Waals surface area contributed by atoms with Crippen molar-refractivity contribution in [2.75, 3.05) is 19.6 Å². The number of nitrogens with zero attached hydrogens (tertiary/aromatic N) is 1. The minimum absolute atomic E-state index is 0. The minimum atomic E-state index is -0.285. The molecule has 6 heteroatoms. The number of rotatable bonds is 3. The van der Waals surface area contributed by atoms with Gasteiger partial charge in [-0.15, -0.1) is 23.7 Å². The summed E-state index contributed by atoms with van der Waals surface area (Å²) in [6, 6.07) is 3.82. The number of amides is 1. The Labute approximate surface area is 118 Å². The highest BCUT2D eigenvalue weighted by atomic mass is 35.5. The van der Waals surface area contributed by atoms with Gasteiger partial charge in [-0.05, 0) is 25.3 Å². The normalized spacial score (nSPS) is 21.3. The molecule has 0 spiro atoms. The van der Waals surface area contributed by atoms with E-state index in [4.69, 9.17) is 5.73 Å². The van der Waals surface area contributed by atoms with Crippen LogP contribution in [0.15, 0.2) is 17.5 Å². The van der Waals surface area contributed by atoms with E-state index in [0.29, 0.717) is 6.54 Å². The SMILES string of the molecule is CC(C)(N)CN1CCNC(=O)C1c1cccs1.Cl. The first-order chi connectivity index (χ1) is 7.97. The number of carbonyl (C=O) groups is 1. The van der Waals surface area contributed by atoms with Crippen LogP contribution in [-0.2, 0) is 4.79 Å². The van der Waals surface area contributed by atoms with Crippen LogP contribution in [-0.4, -0.2) is 36.0 Å². The molecule has 102 valence electrons. The van der Waals surface area contributed by atoms with Gasteiger partial charge in [0.15, 0.2) is 0 Å². The quantitative estimate of drug-likeness (QED) is 0.884. The third kappa shape index (κ3) is 3.68. The molecule has 2 heterocycles. The van der Waals surface area contributed by atoms with Crippen LogP contribution in [0.4, 0.5) is 0 Å². The van der Waals surface area contributed by atoms with Crippen molar-refractivity contribution in [1.82, 2.24) is 10.2 Å². The molecule has 1 fully saturated rings. The van der Waals surface area contributed by atoms with Gasteiger partial charge in [-0.3, -0.25) is 9.69 Å². The maximum Gasteiger partial charge on any atom is 0.242 e. The first-order valence-electron chi connectivity index (χ1n) is 5.81. The molecule has 1 aromatic heterocycles. The second-order valence-electron chi connectivity index (χ2n) is 5.17. The molecule has 1 unspecified atom stereocenters. The summed E-state index contributed by atoms with van der Waals surface area (Å²) in [4.78, 5) is 15.3. The molecule has 0 aliphatic carbocycles. The van der Waals surface area contributed by atoms with Gasteiger partial charge in [0.05, 0.1) is 0 Å². The Morgan fingerprint density at radius 2 is 2.33 bits per heavy atom. The Kier molecular flexibility index (Phi) is 5.16. The van der Waals surface area contributed by atoms with Crippen LogP contribution in [0.3, 0.4) is 0 Å². The number of nitrogens with two attached hydrogens (primary N) is 1. The highest BCUT2D eigenvalue weighted by molar-refractivity contribution is 7.10. The molecule has 1 aliphatic heterocycles. The van der Waals surface area contributed by atoms with E-state index in [1.807, 2.05) is 31.4 Å². The summed E-state index contributed by atoms with van der Waals surface area (Å²) in [6.07, 6.45) is 0. The molecule has 0 radical (unpaired) electrons. The molecule has 3 N–H and O–H groups in total. The maximum atomic E-state index is 12.0. The van der Waals surface area contributed by atoms with Gasteiger partial charge in [0.25, 0.3) is 0 Å². The molecule has 1 amide bonds. The zero-order chi connectivity index (χ0) is 12.5. The molecule has 0 aromatic carbocycles. The molecule has 4 nitrogen and oxygen atoms in total. The molecule has 0 saturated carbocycles. The number of hydrogen-bond acceptors (Lipinski definition) is 4. The Balaban J connectivity index is 0.00000162. The van der Waals surface area contributed by atoms with E-state index in [1.54, 1.807) is 11.3 Å². The van der Waals surface area contributed by atoms with Crippen LogP contribution in [0.2, 0.25) is 0 Å². The largest absolute Gasteiger partial charge is 0.353 e. The van der Waals surface area contributed by atoms with Gasteiger partial charge in [0, 0.05) is 30.1 Å². The molecule has 18 heavy (non-hydrogen) atoms. The summed E-state index contributed by atoms with van der Waals surface area (Å²) in [5.41, 5.74) is 5.77. The van der Waals surface area contributed by atoms with Crippen LogP contribution in [0.25, 0.3) is 0 Å². The zero-order valence-electron chi connectivity index (χ0n) is 10.7. The maximum absolute atomic E-state index is 12.0. The average molecular weight is 290 g/mol. The first-order valence-corrected chi connectivity index (χ1v) is 6.69. The fourth-order valence-corrected chi connectivity index (χ4v) is 3.02. The van der Waals surface area contributed by atoms with Crippen molar-refractivity contribution in [3.63, 3.8) is 0 Å². The topological polar surface area (TPSA) is 58.4 Å². The van der Waals surface area contributed by atoms with E-state index in [1.165, 1.54) is 0 Å². The van der Waals surface area contributed by atoms with E-state index in [9.17, 15) is 4.79 Å². The van der Waals surface area contributed by atoms with Crippen molar-refractivity contribution < 1.29 is 4.79 Å². The minimum Gasteiger partial charge on any atom is -0.353 e. The Morgan fingerprint density at radius 3 is 2.89 bits per heavy atom. The van der Waals surface area contributed by atoms with Gasteiger partial charge < -0.3 is 11.1 Å². The lowest BCUT2D eigenvalue weighted by molar-refractivity contribution is -0.129. The second kappa shape index (κ2) is 6.02. The third-order valence-corrected chi connectivity index (χ3v) is 3.66. The molecule has 1 atom stereocenters. The monoisotopic (exact) mass is 289 g/mol. The summed E-state index contributed by atoms with van der Waals surface area (Å²) < 4.78 is 0. The zero-order valence-corrected chi connectivity index (χ0v) is 12.3. The van der Waals surface area contributed by atoms with Gasteiger partial charge >= 0.3 is 0 Å². The molecule has 1 aliphatic rings. The molecular weight excluding hydrogens is 270 g/mol. The fourth-order valence-electron chi connectivity index (χ4n) is 2.16. The summed E-state index contributed by atoms with van der Waals surface area (Å²) >= 11 is 1.62. The highest BCUT2D eigenvalue weighted by Crippen LogP contribution is 2.27. The van der Waals surface area contributed by atoms with Crippen LogP contribution < -0.4 is 11.1 Å². The highest BCUT2D eigenvalue weighted by Gasteiger charge is 2.33. The van der Waals surface area contributed by atoms with Gasteiger partial charge in [-0.1, -0.05) is 6.07 Å². The second-order valence-corrected chi connectivity index (χ2v) is 6.15. The van der Waals surface area contributed by atoms with Crippen LogP contribution in [0.1, 0.15) is 24.8 Å². The number of piperazine rings is 1. The molecule has 1 saturated heterocycles. The van der Waals surface area contributed by atoms with Crippen molar-refractivity contribution >= 4 is 29.7 Å². The molecule has 2 rings (SSSR count). The number of halogens is 1. The van der Waals surface area contributed by atoms with Gasteiger partial charge in [-0.2, -0.15) is 0 Å². The summed E-state index contributed by atoms with van der Waals surface area (Å²) in [7, 11) is 0. The summed E-state index contributed by atoms with van der Waals surface area (Å²) in [5.74, 6) is 0.0861. The standard InChI is InChI=1S/C12H19N3OS.ClH/c1-12(2,13)8-15-6-5-14-11(16)10(15)9-4-3-7-17-9;/h3-4,7,10H,5-6,8,13H2,1-2H3,(H,14,16);1H. The van der Waals surface area contributed by atoms with E-state index in [-0.39, 0.29) is 29.9 Å². The number of thiophene rings is 1. The van der Waals surface area contributed by atoms with Crippen LogP contribution in [0.5, 0.6) is 0 Å². The summed E-state index contributed by atoms with van der Waals surface area (Å²) in [5, 5.41) is 4.92. The van der Waals surface area contributed by atoms with Crippen molar-refractivity contribution in [3.8, 4) is 0 Å². The smallest absolute Gasteiger partial charge is 0.242 e. The van der Waals surface area contributed by atoms with Crippen molar-refractivity contribution in [2.24, 2.45) is 5.73 Å². The van der Waals surface area contributed by atoms with E-state index in [2.05, 4.69) is 10.2 Å². The number of nitrogens with one attached hydrogen (secondary N) is 1. The Morgan fingerprint density at radius 1 is 1.61 bits per heavy atom. The van der Waals surface area contributed by atoms with Gasteiger partial charge in [0.1, 0.15) is 6.04 Å². The fraction of sp³-hybridized carbons (Fsp3) is 0.583. The number of carbonyl (C=O) groups excluding carboxylic acids is 1. The van der Waals surface area contributed by atoms with Gasteiger partial charge in [-0.25, -0.2) is 0 Å².